The summed E-state index contributed by atoms with van der Waals surface area (Å²) in [5.41, 5.74) is 1.12. The Bertz CT molecular complexity index is 364. The van der Waals surface area contributed by atoms with Crippen molar-refractivity contribution in [2.75, 3.05) is 5.32 Å². The second kappa shape index (κ2) is 4.45. The molecule has 1 aromatic carbocycles. The zero-order valence-corrected chi connectivity index (χ0v) is 8.25. The van der Waals surface area contributed by atoms with Gasteiger partial charge in [0.1, 0.15) is 0 Å². The second-order valence-corrected chi connectivity index (χ2v) is 3.05. The van der Waals surface area contributed by atoms with Crippen LogP contribution in [0.5, 0.6) is 0 Å². The Morgan fingerprint density at radius 3 is 2.40 bits per heavy atom. The third-order valence-corrected chi connectivity index (χ3v) is 1.83. The number of hydrazine groups is 1. The summed E-state index contributed by atoms with van der Waals surface area (Å²) in [5.74, 6) is 4.94. The summed E-state index contributed by atoms with van der Waals surface area (Å²) in [7, 11) is 0. The third-order valence-electron chi connectivity index (χ3n) is 1.61. The van der Waals surface area contributed by atoms with Crippen molar-refractivity contribution in [3.8, 4) is 0 Å². The zero-order chi connectivity index (χ0) is 11.5. The van der Waals surface area contributed by atoms with Crippen LogP contribution in [0.3, 0.4) is 0 Å². The summed E-state index contributed by atoms with van der Waals surface area (Å²) < 4.78 is 37.4. The summed E-state index contributed by atoms with van der Waals surface area (Å²) in [6.07, 6.45) is -4.42. The monoisotopic (exact) mass is 235 g/mol. The fraction of sp³-hybridized carbons (Fsp3) is 0.125. The Morgan fingerprint density at radius 2 is 1.87 bits per heavy atom. The van der Waals surface area contributed by atoms with E-state index in [9.17, 15) is 13.2 Å². The highest BCUT2D eigenvalue weighted by Crippen LogP contribution is 2.34. The molecule has 1 aromatic rings. The molecule has 0 aliphatic heterocycles. The van der Waals surface area contributed by atoms with Gasteiger partial charge in [-0.05, 0) is 24.4 Å². The van der Waals surface area contributed by atoms with Crippen LogP contribution in [0.2, 0.25) is 0 Å². The van der Waals surface area contributed by atoms with Crippen LogP contribution in [-0.2, 0) is 6.18 Å². The van der Waals surface area contributed by atoms with Gasteiger partial charge in [0, 0.05) is 0 Å². The van der Waals surface area contributed by atoms with Gasteiger partial charge in [0.2, 0.25) is 0 Å². The quantitative estimate of drug-likeness (QED) is 0.395. The van der Waals surface area contributed by atoms with Gasteiger partial charge in [0.05, 0.1) is 11.3 Å². The normalized spacial score (nSPS) is 10.9. The molecule has 15 heavy (non-hydrogen) atoms. The molecule has 0 amide bonds. The van der Waals surface area contributed by atoms with Gasteiger partial charge < -0.3 is 10.7 Å². The van der Waals surface area contributed by atoms with Crippen molar-refractivity contribution in [2.24, 2.45) is 5.84 Å². The molecule has 3 nitrogen and oxygen atoms in total. The number of nitrogens with one attached hydrogen (secondary N) is 2. The zero-order valence-electron chi connectivity index (χ0n) is 7.43. The summed E-state index contributed by atoms with van der Waals surface area (Å²) in [5, 5.41) is 2.26. The van der Waals surface area contributed by atoms with E-state index in [1.165, 1.54) is 18.2 Å². The summed E-state index contributed by atoms with van der Waals surface area (Å²) >= 11 is 4.61. The average molecular weight is 235 g/mol. The molecule has 0 unspecified atom stereocenters. The summed E-state index contributed by atoms with van der Waals surface area (Å²) in [6.45, 7) is 0. The highest BCUT2D eigenvalue weighted by atomic mass is 32.1. The number of halogens is 3. The first-order chi connectivity index (χ1) is 6.95. The maximum Gasteiger partial charge on any atom is 0.418 e. The number of rotatable bonds is 1. The molecule has 0 spiro atoms. The van der Waals surface area contributed by atoms with Crippen molar-refractivity contribution in [1.82, 2.24) is 5.43 Å². The number of nitrogens with two attached hydrogens (primary N) is 1. The van der Waals surface area contributed by atoms with Crippen molar-refractivity contribution in [2.45, 2.75) is 6.18 Å². The number of benzene rings is 1. The Balaban J connectivity index is 3.02. The lowest BCUT2D eigenvalue weighted by atomic mass is 10.2. The summed E-state index contributed by atoms with van der Waals surface area (Å²) in [6, 6.07) is 5.00. The Morgan fingerprint density at radius 1 is 1.27 bits per heavy atom. The molecule has 1 rings (SSSR count). The fourth-order valence-electron chi connectivity index (χ4n) is 0.998. The van der Waals surface area contributed by atoms with E-state index in [-0.39, 0.29) is 10.8 Å². The molecular weight excluding hydrogens is 227 g/mol. The molecule has 0 atom stereocenters. The molecule has 0 aliphatic rings. The molecule has 0 aliphatic carbocycles. The van der Waals surface area contributed by atoms with Gasteiger partial charge in [-0.25, -0.2) is 5.84 Å². The Kier molecular flexibility index (Phi) is 3.48. The van der Waals surface area contributed by atoms with E-state index < -0.39 is 11.7 Å². The van der Waals surface area contributed by atoms with Crippen molar-refractivity contribution >= 4 is 23.0 Å². The van der Waals surface area contributed by atoms with Crippen LogP contribution in [-0.4, -0.2) is 5.11 Å². The number of anilines is 1. The van der Waals surface area contributed by atoms with E-state index in [1.807, 2.05) is 5.43 Å². The third kappa shape index (κ3) is 3.07. The first-order valence-electron chi connectivity index (χ1n) is 3.89. The molecule has 0 aromatic heterocycles. The van der Waals surface area contributed by atoms with Crippen LogP contribution in [0.1, 0.15) is 5.56 Å². The Labute approximate surface area is 89.4 Å². The van der Waals surface area contributed by atoms with Crippen molar-refractivity contribution in [3.63, 3.8) is 0 Å². The highest BCUT2D eigenvalue weighted by molar-refractivity contribution is 7.80. The van der Waals surface area contributed by atoms with Crippen LogP contribution in [0.4, 0.5) is 18.9 Å². The lowest BCUT2D eigenvalue weighted by Crippen LogP contribution is -2.34. The topological polar surface area (TPSA) is 50.1 Å². The second-order valence-electron chi connectivity index (χ2n) is 2.64. The van der Waals surface area contributed by atoms with E-state index in [2.05, 4.69) is 17.5 Å². The fourth-order valence-corrected chi connectivity index (χ4v) is 1.11. The van der Waals surface area contributed by atoms with Gasteiger partial charge >= 0.3 is 6.18 Å². The van der Waals surface area contributed by atoms with Gasteiger partial charge in [0.15, 0.2) is 5.11 Å². The number of thiocarbonyl (C=S) groups is 1. The van der Waals surface area contributed by atoms with Crippen molar-refractivity contribution in [3.05, 3.63) is 29.8 Å². The van der Waals surface area contributed by atoms with Gasteiger partial charge in [-0.15, -0.1) is 0 Å². The number of alkyl halides is 3. The first kappa shape index (κ1) is 11.7. The van der Waals surface area contributed by atoms with E-state index in [1.54, 1.807) is 0 Å². The van der Waals surface area contributed by atoms with E-state index in [4.69, 9.17) is 5.84 Å². The smallest absolute Gasteiger partial charge is 0.331 e. The maximum atomic E-state index is 12.5. The summed E-state index contributed by atoms with van der Waals surface area (Å²) in [4.78, 5) is 0. The minimum atomic E-state index is -4.42. The van der Waals surface area contributed by atoms with Gasteiger partial charge in [-0.2, -0.15) is 13.2 Å². The molecule has 0 fully saturated rings. The van der Waals surface area contributed by atoms with E-state index >= 15 is 0 Å². The number of hydrogen-bond acceptors (Lipinski definition) is 2. The Hall–Kier alpha value is -1.34. The first-order valence-corrected chi connectivity index (χ1v) is 4.30. The lowest BCUT2D eigenvalue weighted by Gasteiger charge is -2.14. The largest absolute Gasteiger partial charge is 0.418 e. The van der Waals surface area contributed by atoms with Crippen LogP contribution in [0.25, 0.3) is 0 Å². The van der Waals surface area contributed by atoms with Crippen LogP contribution >= 0.6 is 12.2 Å². The van der Waals surface area contributed by atoms with Crippen molar-refractivity contribution in [1.29, 1.82) is 0 Å². The lowest BCUT2D eigenvalue weighted by molar-refractivity contribution is -0.136. The molecule has 0 bridgehead atoms. The number of hydrogen-bond donors (Lipinski definition) is 3. The molecule has 0 radical (unpaired) electrons. The predicted molar refractivity (Wildman–Crippen MR) is 55.0 cm³/mol. The van der Waals surface area contributed by atoms with Gasteiger partial charge in [-0.3, -0.25) is 0 Å². The SMILES string of the molecule is NNC(=S)Nc1ccccc1C(F)(F)F. The van der Waals surface area contributed by atoms with E-state index in [0.717, 1.165) is 6.07 Å². The average Bonchev–Trinajstić information content (AvgIpc) is 2.17. The van der Waals surface area contributed by atoms with Crippen LogP contribution in [0, 0.1) is 0 Å². The molecule has 0 saturated heterocycles. The molecule has 82 valence electrons. The van der Waals surface area contributed by atoms with Crippen molar-refractivity contribution < 1.29 is 13.2 Å². The molecule has 0 heterocycles. The maximum absolute atomic E-state index is 12.5. The van der Waals surface area contributed by atoms with Gasteiger partial charge in [0.25, 0.3) is 0 Å². The molecule has 4 N–H and O–H groups in total. The van der Waals surface area contributed by atoms with Gasteiger partial charge in [-0.1, -0.05) is 12.1 Å². The van der Waals surface area contributed by atoms with E-state index in [0.29, 0.717) is 0 Å². The highest BCUT2D eigenvalue weighted by Gasteiger charge is 2.33. The van der Waals surface area contributed by atoms with Crippen LogP contribution in [0.15, 0.2) is 24.3 Å². The number of para-hydroxylation sites is 1. The molecule has 0 saturated carbocycles. The standard InChI is InChI=1S/C8H8F3N3S/c9-8(10,11)5-3-1-2-4-6(5)13-7(15)14-12/h1-4H,12H2,(H2,13,14,15). The predicted octanol–water partition coefficient (Wildman–Crippen LogP) is 1.87. The minimum Gasteiger partial charge on any atom is -0.331 e. The minimum absolute atomic E-state index is 0.0771. The molecular formula is C8H8F3N3S. The molecule has 7 heteroatoms. The van der Waals surface area contributed by atoms with Crippen LogP contribution < -0.4 is 16.6 Å².